The molecule has 0 amide bonds. The standard InChI is InChI=1S/C15H18BrN3O/c1-10(2)15-17-13(16)9-14(18-15)20-12-7-5-6-11(8-12)19(3)4/h5-10H,1-4H3. The van der Waals surface area contributed by atoms with Crippen molar-refractivity contribution in [2.24, 2.45) is 0 Å². The molecule has 0 fully saturated rings. The second kappa shape index (κ2) is 6.22. The number of rotatable bonds is 4. The van der Waals surface area contributed by atoms with Crippen LogP contribution in [-0.4, -0.2) is 24.1 Å². The van der Waals surface area contributed by atoms with Crippen LogP contribution in [0, 0.1) is 0 Å². The van der Waals surface area contributed by atoms with E-state index in [2.05, 4.69) is 39.7 Å². The first-order valence-corrected chi connectivity index (χ1v) is 7.24. The van der Waals surface area contributed by atoms with Gasteiger partial charge in [-0.15, -0.1) is 0 Å². The number of benzene rings is 1. The van der Waals surface area contributed by atoms with Crippen LogP contribution in [0.25, 0.3) is 0 Å². The van der Waals surface area contributed by atoms with Gasteiger partial charge >= 0.3 is 0 Å². The number of aromatic nitrogens is 2. The molecule has 0 saturated carbocycles. The topological polar surface area (TPSA) is 38.2 Å². The van der Waals surface area contributed by atoms with Crippen molar-refractivity contribution in [1.82, 2.24) is 9.97 Å². The van der Waals surface area contributed by atoms with Gasteiger partial charge in [-0.1, -0.05) is 19.9 Å². The maximum Gasteiger partial charge on any atom is 0.223 e. The Morgan fingerprint density at radius 2 is 1.90 bits per heavy atom. The highest BCUT2D eigenvalue weighted by Crippen LogP contribution is 2.26. The van der Waals surface area contributed by atoms with Crippen LogP contribution in [0.4, 0.5) is 5.69 Å². The maximum absolute atomic E-state index is 5.83. The lowest BCUT2D eigenvalue weighted by atomic mass is 10.2. The van der Waals surface area contributed by atoms with Gasteiger partial charge in [0.15, 0.2) is 0 Å². The van der Waals surface area contributed by atoms with Crippen LogP contribution in [0.1, 0.15) is 25.6 Å². The molecule has 106 valence electrons. The molecule has 2 aromatic rings. The maximum atomic E-state index is 5.83. The minimum atomic E-state index is 0.253. The number of nitrogens with zero attached hydrogens (tertiary/aromatic N) is 3. The van der Waals surface area contributed by atoms with E-state index in [4.69, 9.17) is 4.74 Å². The molecule has 0 aliphatic rings. The molecular weight excluding hydrogens is 318 g/mol. The summed E-state index contributed by atoms with van der Waals surface area (Å²) < 4.78 is 6.56. The third-order valence-corrected chi connectivity index (χ3v) is 3.17. The second-order valence-corrected chi connectivity index (χ2v) is 5.85. The molecule has 0 saturated heterocycles. The van der Waals surface area contributed by atoms with E-state index in [1.165, 1.54) is 0 Å². The fraction of sp³-hybridized carbons (Fsp3) is 0.333. The zero-order valence-electron chi connectivity index (χ0n) is 12.1. The third kappa shape index (κ3) is 3.70. The first-order chi connectivity index (χ1) is 9.45. The lowest BCUT2D eigenvalue weighted by Gasteiger charge is -2.14. The first kappa shape index (κ1) is 14.8. The van der Waals surface area contributed by atoms with Crippen molar-refractivity contribution in [2.45, 2.75) is 19.8 Å². The molecule has 20 heavy (non-hydrogen) atoms. The summed E-state index contributed by atoms with van der Waals surface area (Å²) in [7, 11) is 3.99. The fourth-order valence-electron chi connectivity index (χ4n) is 1.67. The molecule has 2 rings (SSSR count). The van der Waals surface area contributed by atoms with Gasteiger partial charge in [0.1, 0.15) is 16.2 Å². The molecule has 1 aromatic carbocycles. The van der Waals surface area contributed by atoms with Gasteiger partial charge in [0.05, 0.1) is 0 Å². The van der Waals surface area contributed by atoms with Gasteiger partial charge in [-0.3, -0.25) is 0 Å². The highest BCUT2D eigenvalue weighted by molar-refractivity contribution is 9.10. The summed E-state index contributed by atoms with van der Waals surface area (Å²) in [6, 6.07) is 9.66. The van der Waals surface area contributed by atoms with Gasteiger partial charge in [0, 0.05) is 37.8 Å². The van der Waals surface area contributed by atoms with E-state index in [0.29, 0.717) is 5.88 Å². The molecule has 0 spiro atoms. The van der Waals surface area contributed by atoms with Crippen LogP contribution in [0.3, 0.4) is 0 Å². The number of anilines is 1. The van der Waals surface area contributed by atoms with Crippen LogP contribution >= 0.6 is 15.9 Å². The van der Waals surface area contributed by atoms with Gasteiger partial charge in [-0.05, 0) is 28.1 Å². The Morgan fingerprint density at radius 1 is 1.15 bits per heavy atom. The van der Waals surface area contributed by atoms with E-state index in [1.807, 2.05) is 43.3 Å². The Labute approximate surface area is 127 Å². The number of ether oxygens (including phenoxy) is 1. The van der Waals surface area contributed by atoms with Crippen molar-refractivity contribution in [1.29, 1.82) is 0 Å². The Hall–Kier alpha value is -1.62. The van der Waals surface area contributed by atoms with Crippen LogP contribution < -0.4 is 9.64 Å². The van der Waals surface area contributed by atoms with Crippen molar-refractivity contribution in [3.8, 4) is 11.6 Å². The van der Waals surface area contributed by atoms with Crippen molar-refractivity contribution < 1.29 is 4.74 Å². The minimum Gasteiger partial charge on any atom is -0.439 e. The molecule has 0 radical (unpaired) electrons. The Bertz CT molecular complexity index is 599. The molecule has 1 aromatic heterocycles. The van der Waals surface area contributed by atoms with Crippen LogP contribution in [0.15, 0.2) is 34.9 Å². The summed E-state index contributed by atoms with van der Waals surface area (Å²) in [6.45, 7) is 4.11. The molecular formula is C15H18BrN3O. The normalized spacial score (nSPS) is 10.7. The van der Waals surface area contributed by atoms with Gasteiger partial charge < -0.3 is 9.64 Å². The van der Waals surface area contributed by atoms with Gasteiger partial charge in [0.2, 0.25) is 5.88 Å². The third-order valence-electron chi connectivity index (χ3n) is 2.76. The molecule has 0 unspecified atom stereocenters. The molecule has 5 heteroatoms. The van der Waals surface area contributed by atoms with Gasteiger partial charge in [-0.2, -0.15) is 4.98 Å². The summed E-state index contributed by atoms with van der Waals surface area (Å²) in [5, 5.41) is 0. The van der Waals surface area contributed by atoms with Crippen LogP contribution in [0.2, 0.25) is 0 Å². The molecule has 0 N–H and O–H groups in total. The monoisotopic (exact) mass is 335 g/mol. The molecule has 0 atom stereocenters. The van der Waals surface area contributed by atoms with Gasteiger partial charge in [0.25, 0.3) is 0 Å². The number of hydrogen-bond acceptors (Lipinski definition) is 4. The van der Waals surface area contributed by atoms with E-state index in [1.54, 1.807) is 6.07 Å². The van der Waals surface area contributed by atoms with Crippen molar-refractivity contribution in [3.05, 3.63) is 40.8 Å². The summed E-state index contributed by atoms with van der Waals surface area (Å²) in [4.78, 5) is 10.8. The summed E-state index contributed by atoms with van der Waals surface area (Å²) in [5.74, 6) is 2.32. The summed E-state index contributed by atoms with van der Waals surface area (Å²) in [5.41, 5.74) is 1.08. The zero-order valence-corrected chi connectivity index (χ0v) is 13.7. The first-order valence-electron chi connectivity index (χ1n) is 6.45. The minimum absolute atomic E-state index is 0.253. The SMILES string of the molecule is CC(C)c1nc(Br)cc(Oc2cccc(N(C)C)c2)n1. The predicted octanol–water partition coefficient (Wildman–Crippen LogP) is 4.22. The quantitative estimate of drug-likeness (QED) is 0.784. The highest BCUT2D eigenvalue weighted by atomic mass is 79.9. The van der Waals surface area contributed by atoms with E-state index in [0.717, 1.165) is 21.9 Å². The molecule has 0 aliphatic heterocycles. The van der Waals surface area contributed by atoms with Crippen LogP contribution in [0.5, 0.6) is 11.6 Å². The molecule has 4 nitrogen and oxygen atoms in total. The Balaban J connectivity index is 2.27. The second-order valence-electron chi connectivity index (χ2n) is 5.04. The lowest BCUT2D eigenvalue weighted by molar-refractivity contribution is 0.456. The largest absolute Gasteiger partial charge is 0.439 e. The summed E-state index contributed by atoms with van der Waals surface area (Å²) in [6.07, 6.45) is 0. The predicted molar refractivity (Wildman–Crippen MR) is 84.7 cm³/mol. The summed E-state index contributed by atoms with van der Waals surface area (Å²) >= 11 is 3.39. The number of hydrogen-bond donors (Lipinski definition) is 0. The average Bonchev–Trinajstić information content (AvgIpc) is 2.38. The lowest BCUT2D eigenvalue weighted by Crippen LogP contribution is -2.08. The van der Waals surface area contributed by atoms with Crippen molar-refractivity contribution in [3.63, 3.8) is 0 Å². The van der Waals surface area contributed by atoms with Crippen molar-refractivity contribution >= 4 is 21.6 Å². The number of halogens is 1. The highest BCUT2D eigenvalue weighted by Gasteiger charge is 2.09. The van der Waals surface area contributed by atoms with E-state index < -0.39 is 0 Å². The van der Waals surface area contributed by atoms with Gasteiger partial charge in [-0.25, -0.2) is 4.98 Å². The van der Waals surface area contributed by atoms with E-state index in [-0.39, 0.29) is 5.92 Å². The Kier molecular flexibility index (Phi) is 4.60. The molecule has 0 bridgehead atoms. The van der Waals surface area contributed by atoms with Crippen LogP contribution in [-0.2, 0) is 0 Å². The molecule has 0 aliphatic carbocycles. The van der Waals surface area contributed by atoms with E-state index in [9.17, 15) is 0 Å². The zero-order chi connectivity index (χ0) is 14.7. The smallest absolute Gasteiger partial charge is 0.223 e. The molecule has 1 heterocycles. The van der Waals surface area contributed by atoms with Crippen molar-refractivity contribution in [2.75, 3.05) is 19.0 Å². The average molecular weight is 336 g/mol. The van der Waals surface area contributed by atoms with E-state index >= 15 is 0 Å². The Morgan fingerprint density at radius 3 is 2.55 bits per heavy atom. The fourth-order valence-corrected chi connectivity index (χ4v) is 2.05.